The molecule has 0 unspecified atom stereocenters. The minimum Gasteiger partial charge on any atom is -0.507 e. The zero-order valence-corrected chi connectivity index (χ0v) is 13.8. The average molecular weight is 349 g/mol. The van der Waals surface area contributed by atoms with Crippen molar-refractivity contribution in [1.29, 1.82) is 0 Å². The Bertz CT molecular complexity index is 1190. The van der Waals surface area contributed by atoms with Gasteiger partial charge in [-0.1, -0.05) is 54.1 Å². The molecule has 1 heterocycles. The first-order valence-corrected chi connectivity index (χ1v) is 8.08. The summed E-state index contributed by atoms with van der Waals surface area (Å²) in [5, 5.41) is 13.0. The van der Waals surface area contributed by atoms with Crippen LogP contribution < -0.4 is 5.56 Å². The van der Waals surface area contributed by atoms with Gasteiger partial charge in [-0.2, -0.15) is 0 Å². The number of nitrogens with zero attached hydrogens (tertiary/aromatic N) is 1. The van der Waals surface area contributed by atoms with Gasteiger partial charge in [-0.05, 0) is 29.0 Å². The molecule has 25 heavy (non-hydrogen) atoms. The maximum Gasteiger partial charge on any atom is 0.274 e. The summed E-state index contributed by atoms with van der Waals surface area (Å²) in [6, 6.07) is 18.4. The Morgan fingerprint density at radius 3 is 2.76 bits per heavy atom. The Morgan fingerprint density at radius 1 is 1.08 bits per heavy atom. The van der Waals surface area contributed by atoms with Gasteiger partial charge >= 0.3 is 0 Å². The van der Waals surface area contributed by atoms with Gasteiger partial charge in [-0.25, -0.2) is 4.98 Å². The van der Waals surface area contributed by atoms with Gasteiger partial charge in [0, 0.05) is 16.7 Å². The van der Waals surface area contributed by atoms with Gasteiger partial charge in [0.15, 0.2) is 0 Å². The van der Waals surface area contributed by atoms with E-state index in [0.29, 0.717) is 21.6 Å². The summed E-state index contributed by atoms with van der Waals surface area (Å²) in [6.07, 6.45) is 1.38. The molecule has 0 bridgehead atoms. The molecule has 4 nitrogen and oxygen atoms in total. The molecule has 0 aliphatic rings. The van der Waals surface area contributed by atoms with Crippen LogP contribution in [0, 0.1) is 0 Å². The van der Waals surface area contributed by atoms with Crippen molar-refractivity contribution in [2.24, 2.45) is 0 Å². The Kier molecular flexibility index (Phi) is 3.75. The van der Waals surface area contributed by atoms with E-state index in [-0.39, 0.29) is 17.0 Å². The van der Waals surface area contributed by atoms with E-state index in [9.17, 15) is 9.90 Å². The molecule has 3 aromatic carbocycles. The summed E-state index contributed by atoms with van der Waals surface area (Å²) < 4.78 is 0. The highest BCUT2D eigenvalue weighted by molar-refractivity contribution is 6.31. The Hall–Kier alpha value is -3.11. The molecule has 0 amide bonds. The monoisotopic (exact) mass is 348 g/mol. The van der Waals surface area contributed by atoms with E-state index in [1.54, 1.807) is 18.2 Å². The highest BCUT2D eigenvalue weighted by Crippen LogP contribution is 2.24. The Balaban J connectivity index is 1.87. The number of fused-ring (bicyclic) bond motifs is 2. The highest BCUT2D eigenvalue weighted by atomic mass is 35.5. The number of hydrogen-bond acceptors (Lipinski definition) is 3. The lowest BCUT2D eigenvalue weighted by atomic mass is 10.0. The standard InChI is InChI=1S/C20H13ClN2O2/c21-13-8-9-16-17(10-13)23-20(25)18(22-16)11-19(24)15-7-3-5-12-4-1-2-6-14(12)15/h1-11,24H,(H,23,25)/b19-11-. The number of aromatic nitrogens is 2. The molecular weight excluding hydrogens is 336 g/mol. The van der Waals surface area contributed by atoms with Gasteiger partial charge in [0.1, 0.15) is 11.5 Å². The molecular formula is C20H13ClN2O2. The average Bonchev–Trinajstić information content (AvgIpc) is 2.62. The highest BCUT2D eigenvalue weighted by Gasteiger charge is 2.08. The minimum absolute atomic E-state index is 0.0110. The molecule has 0 aliphatic carbocycles. The van der Waals surface area contributed by atoms with E-state index in [4.69, 9.17) is 11.6 Å². The summed E-state index contributed by atoms with van der Waals surface area (Å²) >= 11 is 5.93. The third kappa shape index (κ3) is 2.88. The molecule has 0 saturated heterocycles. The molecule has 122 valence electrons. The summed E-state index contributed by atoms with van der Waals surface area (Å²) in [5.74, 6) is -0.0110. The van der Waals surface area contributed by atoms with E-state index in [2.05, 4.69) is 9.97 Å². The van der Waals surface area contributed by atoms with Crippen LogP contribution in [0.1, 0.15) is 11.3 Å². The molecule has 0 spiro atoms. The van der Waals surface area contributed by atoms with Crippen molar-refractivity contribution in [2.45, 2.75) is 0 Å². The van der Waals surface area contributed by atoms with Crippen molar-refractivity contribution < 1.29 is 5.11 Å². The van der Waals surface area contributed by atoms with E-state index >= 15 is 0 Å². The molecule has 1 aromatic heterocycles. The van der Waals surface area contributed by atoms with Gasteiger partial charge in [-0.15, -0.1) is 0 Å². The molecule has 2 N–H and O–H groups in total. The quantitative estimate of drug-likeness (QED) is 0.512. The van der Waals surface area contributed by atoms with Gasteiger partial charge in [0.2, 0.25) is 0 Å². The number of halogens is 1. The van der Waals surface area contributed by atoms with Crippen molar-refractivity contribution >= 4 is 45.2 Å². The van der Waals surface area contributed by atoms with Gasteiger partial charge in [0.25, 0.3) is 5.56 Å². The lowest BCUT2D eigenvalue weighted by Gasteiger charge is -2.06. The number of nitrogens with one attached hydrogen (secondary N) is 1. The van der Waals surface area contributed by atoms with Crippen LogP contribution in [-0.4, -0.2) is 15.1 Å². The van der Waals surface area contributed by atoms with Gasteiger partial charge in [-0.3, -0.25) is 4.79 Å². The lowest BCUT2D eigenvalue weighted by molar-refractivity contribution is 0.516. The molecule has 5 heteroatoms. The fraction of sp³-hybridized carbons (Fsp3) is 0. The van der Waals surface area contributed by atoms with Crippen LogP contribution in [-0.2, 0) is 0 Å². The fourth-order valence-electron chi connectivity index (χ4n) is 2.83. The van der Waals surface area contributed by atoms with Gasteiger partial charge in [0.05, 0.1) is 11.0 Å². The first kappa shape index (κ1) is 15.4. The summed E-state index contributed by atoms with van der Waals surface area (Å²) in [7, 11) is 0. The number of benzene rings is 3. The van der Waals surface area contributed by atoms with Crippen molar-refractivity contribution in [3.63, 3.8) is 0 Å². The lowest BCUT2D eigenvalue weighted by Crippen LogP contribution is -2.12. The van der Waals surface area contributed by atoms with Crippen molar-refractivity contribution in [3.05, 3.63) is 87.3 Å². The summed E-state index contributed by atoms with van der Waals surface area (Å²) in [4.78, 5) is 19.3. The van der Waals surface area contributed by atoms with Gasteiger partial charge < -0.3 is 10.1 Å². The normalized spacial score (nSPS) is 12.0. The Labute approximate surface area is 148 Å². The van der Waals surface area contributed by atoms with Crippen LogP contribution in [0.2, 0.25) is 5.02 Å². The van der Waals surface area contributed by atoms with Crippen LogP contribution in [0.5, 0.6) is 0 Å². The second kappa shape index (κ2) is 6.07. The Morgan fingerprint density at radius 2 is 1.88 bits per heavy atom. The third-order valence-electron chi connectivity index (χ3n) is 4.02. The smallest absolute Gasteiger partial charge is 0.274 e. The minimum atomic E-state index is -0.387. The maximum atomic E-state index is 12.3. The van der Waals surface area contributed by atoms with E-state index < -0.39 is 0 Å². The van der Waals surface area contributed by atoms with Crippen LogP contribution in [0.3, 0.4) is 0 Å². The molecule has 0 saturated carbocycles. The predicted octanol–water partition coefficient (Wildman–Crippen LogP) is 4.79. The number of aliphatic hydroxyl groups is 1. The van der Waals surface area contributed by atoms with Crippen LogP contribution >= 0.6 is 11.6 Å². The molecule has 0 radical (unpaired) electrons. The fourth-order valence-corrected chi connectivity index (χ4v) is 3.00. The SMILES string of the molecule is O=c1[nH]c2cc(Cl)ccc2nc1/C=C(\O)c1cccc2ccccc12. The first-order valence-electron chi connectivity index (χ1n) is 7.70. The zero-order valence-electron chi connectivity index (χ0n) is 13.0. The van der Waals surface area contributed by atoms with E-state index in [0.717, 1.165) is 10.8 Å². The molecule has 0 atom stereocenters. The number of hydrogen-bond donors (Lipinski definition) is 2. The van der Waals surface area contributed by atoms with Crippen LogP contribution in [0.4, 0.5) is 0 Å². The molecule has 0 aliphatic heterocycles. The number of H-pyrrole nitrogens is 1. The number of aliphatic hydroxyl groups excluding tert-OH is 1. The molecule has 4 aromatic rings. The summed E-state index contributed by atoms with van der Waals surface area (Å²) in [5.41, 5.74) is 1.55. The summed E-state index contributed by atoms with van der Waals surface area (Å²) in [6.45, 7) is 0. The number of aromatic amines is 1. The van der Waals surface area contributed by atoms with Crippen LogP contribution in [0.15, 0.2) is 65.5 Å². The van der Waals surface area contributed by atoms with Crippen molar-refractivity contribution in [3.8, 4) is 0 Å². The van der Waals surface area contributed by atoms with Crippen LogP contribution in [0.25, 0.3) is 33.6 Å². The zero-order chi connectivity index (χ0) is 17.4. The maximum absolute atomic E-state index is 12.3. The number of rotatable bonds is 2. The largest absolute Gasteiger partial charge is 0.507 e. The second-order valence-electron chi connectivity index (χ2n) is 5.67. The predicted molar refractivity (Wildman–Crippen MR) is 102 cm³/mol. The molecule has 4 rings (SSSR count). The topological polar surface area (TPSA) is 66.0 Å². The van der Waals surface area contributed by atoms with E-state index in [1.807, 2.05) is 42.5 Å². The van der Waals surface area contributed by atoms with Crippen molar-refractivity contribution in [2.75, 3.05) is 0 Å². The van der Waals surface area contributed by atoms with E-state index in [1.165, 1.54) is 6.08 Å². The first-order chi connectivity index (χ1) is 12.1. The third-order valence-corrected chi connectivity index (χ3v) is 4.25. The molecule has 0 fully saturated rings. The van der Waals surface area contributed by atoms with Crippen molar-refractivity contribution in [1.82, 2.24) is 9.97 Å². The second-order valence-corrected chi connectivity index (χ2v) is 6.11.